The van der Waals surface area contributed by atoms with E-state index in [0.29, 0.717) is 11.6 Å². The number of hydrazone groups is 1. The number of aromatic nitrogens is 2. The molecule has 0 atom stereocenters. The molecule has 24 heavy (non-hydrogen) atoms. The second-order valence-electron chi connectivity index (χ2n) is 5.15. The van der Waals surface area contributed by atoms with Gasteiger partial charge in [-0.15, -0.1) is 0 Å². The fourth-order valence-corrected chi connectivity index (χ4v) is 2.60. The molecule has 1 N–H and O–H groups in total. The molecule has 0 radical (unpaired) electrons. The van der Waals surface area contributed by atoms with E-state index in [2.05, 4.69) is 52.4 Å². The SMILES string of the molecule is Cc1cc(NN=Cc2ccc(Br)cc2)nc(-c2ccc(Br)cc2)n1. The van der Waals surface area contributed by atoms with Crippen molar-refractivity contribution in [3.8, 4) is 11.4 Å². The van der Waals surface area contributed by atoms with E-state index in [-0.39, 0.29) is 0 Å². The lowest BCUT2D eigenvalue weighted by atomic mass is 10.2. The Hall–Kier alpha value is -2.05. The largest absolute Gasteiger partial charge is 0.261 e. The molecule has 1 heterocycles. The third-order valence-electron chi connectivity index (χ3n) is 3.22. The Morgan fingerprint density at radius 3 is 2.21 bits per heavy atom. The van der Waals surface area contributed by atoms with Gasteiger partial charge in [-0.1, -0.05) is 56.1 Å². The van der Waals surface area contributed by atoms with Crippen molar-refractivity contribution in [2.45, 2.75) is 6.92 Å². The second-order valence-corrected chi connectivity index (χ2v) is 6.98. The predicted octanol–water partition coefficient (Wildman–Crippen LogP) is 5.42. The van der Waals surface area contributed by atoms with Crippen molar-refractivity contribution >= 4 is 43.9 Å². The lowest BCUT2D eigenvalue weighted by Gasteiger charge is -2.05. The lowest BCUT2D eigenvalue weighted by molar-refractivity contribution is 1.10. The van der Waals surface area contributed by atoms with E-state index in [1.807, 2.05) is 61.5 Å². The first-order valence-electron chi connectivity index (χ1n) is 7.26. The zero-order valence-electron chi connectivity index (χ0n) is 12.9. The molecular weight excluding hydrogens is 432 g/mol. The zero-order valence-corrected chi connectivity index (χ0v) is 16.0. The quantitative estimate of drug-likeness (QED) is 0.430. The van der Waals surface area contributed by atoms with Crippen LogP contribution >= 0.6 is 31.9 Å². The molecule has 0 spiro atoms. The number of benzene rings is 2. The molecule has 4 nitrogen and oxygen atoms in total. The summed E-state index contributed by atoms with van der Waals surface area (Å²) >= 11 is 6.85. The lowest BCUT2D eigenvalue weighted by Crippen LogP contribution is -1.99. The summed E-state index contributed by atoms with van der Waals surface area (Å²) in [6.45, 7) is 1.94. The molecule has 6 heteroatoms. The Balaban J connectivity index is 1.78. The van der Waals surface area contributed by atoms with Gasteiger partial charge in [-0.3, -0.25) is 5.43 Å². The van der Waals surface area contributed by atoms with Crippen LogP contribution in [-0.4, -0.2) is 16.2 Å². The Morgan fingerprint density at radius 2 is 1.54 bits per heavy atom. The molecule has 0 aliphatic heterocycles. The van der Waals surface area contributed by atoms with Gasteiger partial charge < -0.3 is 0 Å². The molecule has 0 saturated heterocycles. The topological polar surface area (TPSA) is 50.2 Å². The first-order chi connectivity index (χ1) is 11.6. The van der Waals surface area contributed by atoms with Crippen molar-refractivity contribution in [2.24, 2.45) is 5.10 Å². The van der Waals surface area contributed by atoms with E-state index in [4.69, 9.17) is 0 Å². The fourth-order valence-electron chi connectivity index (χ4n) is 2.08. The maximum Gasteiger partial charge on any atom is 0.161 e. The van der Waals surface area contributed by atoms with Gasteiger partial charge in [0, 0.05) is 26.3 Å². The van der Waals surface area contributed by atoms with E-state index in [1.54, 1.807) is 6.21 Å². The van der Waals surface area contributed by atoms with Crippen LogP contribution in [0.5, 0.6) is 0 Å². The summed E-state index contributed by atoms with van der Waals surface area (Å²) in [4.78, 5) is 9.01. The molecule has 120 valence electrons. The summed E-state index contributed by atoms with van der Waals surface area (Å²) in [5.41, 5.74) is 5.81. The molecule has 3 rings (SSSR count). The van der Waals surface area contributed by atoms with Crippen LogP contribution in [0.3, 0.4) is 0 Å². The van der Waals surface area contributed by atoms with Crippen molar-refractivity contribution < 1.29 is 0 Å². The number of nitrogens with zero attached hydrogens (tertiary/aromatic N) is 3. The standard InChI is InChI=1S/C18H14Br2N4/c1-12-10-17(24-21-11-13-2-6-15(19)7-3-13)23-18(22-12)14-4-8-16(20)9-5-14/h2-11H,1H3,(H,22,23,24). The van der Waals surface area contributed by atoms with E-state index in [0.717, 1.165) is 25.8 Å². The third kappa shape index (κ3) is 4.49. The smallest absolute Gasteiger partial charge is 0.161 e. The van der Waals surface area contributed by atoms with Crippen LogP contribution in [0.15, 0.2) is 68.6 Å². The number of halogens is 2. The highest BCUT2D eigenvalue weighted by molar-refractivity contribution is 9.10. The van der Waals surface area contributed by atoms with Crippen LogP contribution in [0.4, 0.5) is 5.82 Å². The van der Waals surface area contributed by atoms with Crippen molar-refractivity contribution in [2.75, 3.05) is 5.43 Å². The van der Waals surface area contributed by atoms with E-state index < -0.39 is 0 Å². The maximum absolute atomic E-state index is 4.52. The molecule has 2 aromatic carbocycles. The summed E-state index contributed by atoms with van der Waals surface area (Å²) in [5, 5.41) is 4.24. The van der Waals surface area contributed by atoms with E-state index in [1.165, 1.54) is 0 Å². The second kappa shape index (κ2) is 7.68. The third-order valence-corrected chi connectivity index (χ3v) is 4.28. The molecule has 0 bridgehead atoms. The number of nitrogens with one attached hydrogen (secondary N) is 1. The Kier molecular flexibility index (Phi) is 5.37. The molecule has 0 amide bonds. The summed E-state index contributed by atoms with van der Waals surface area (Å²) in [6, 6.07) is 17.7. The van der Waals surface area contributed by atoms with Gasteiger partial charge in [-0.2, -0.15) is 5.10 Å². The van der Waals surface area contributed by atoms with Crippen LogP contribution < -0.4 is 5.43 Å². The minimum absolute atomic E-state index is 0.661. The number of hydrogen-bond acceptors (Lipinski definition) is 4. The Morgan fingerprint density at radius 1 is 0.917 bits per heavy atom. The van der Waals surface area contributed by atoms with E-state index >= 15 is 0 Å². The molecule has 0 fully saturated rings. The summed E-state index contributed by atoms with van der Waals surface area (Å²) < 4.78 is 2.06. The average Bonchev–Trinajstić information content (AvgIpc) is 2.57. The highest BCUT2D eigenvalue weighted by Gasteiger charge is 2.04. The first-order valence-corrected chi connectivity index (χ1v) is 8.85. The van der Waals surface area contributed by atoms with Crippen LogP contribution in [0.25, 0.3) is 11.4 Å². The van der Waals surface area contributed by atoms with Gasteiger partial charge in [0.05, 0.1) is 6.21 Å². The molecular formula is C18H14Br2N4. The highest BCUT2D eigenvalue weighted by atomic mass is 79.9. The van der Waals surface area contributed by atoms with Crippen LogP contribution in [0.1, 0.15) is 11.3 Å². The Labute approximate surface area is 157 Å². The van der Waals surface area contributed by atoms with Crippen molar-refractivity contribution in [3.63, 3.8) is 0 Å². The van der Waals surface area contributed by atoms with Crippen LogP contribution in [-0.2, 0) is 0 Å². The van der Waals surface area contributed by atoms with E-state index in [9.17, 15) is 0 Å². The van der Waals surface area contributed by atoms with Gasteiger partial charge in [-0.25, -0.2) is 9.97 Å². The van der Waals surface area contributed by atoms with Crippen molar-refractivity contribution in [1.29, 1.82) is 0 Å². The number of rotatable bonds is 4. The number of aryl methyl sites for hydroxylation is 1. The van der Waals surface area contributed by atoms with Gasteiger partial charge in [0.1, 0.15) is 0 Å². The minimum atomic E-state index is 0.661. The minimum Gasteiger partial charge on any atom is -0.261 e. The molecule has 1 aromatic heterocycles. The fraction of sp³-hybridized carbons (Fsp3) is 0.0556. The van der Waals surface area contributed by atoms with Crippen molar-refractivity contribution in [3.05, 3.63) is 74.8 Å². The predicted molar refractivity (Wildman–Crippen MR) is 105 cm³/mol. The Bertz CT molecular complexity index is 859. The molecule has 0 unspecified atom stereocenters. The summed E-state index contributed by atoms with van der Waals surface area (Å²) in [5.74, 6) is 1.33. The molecule has 0 aliphatic rings. The normalized spacial score (nSPS) is 11.0. The number of anilines is 1. The van der Waals surface area contributed by atoms with Gasteiger partial charge in [0.15, 0.2) is 11.6 Å². The van der Waals surface area contributed by atoms with Gasteiger partial charge >= 0.3 is 0 Å². The van der Waals surface area contributed by atoms with Gasteiger partial charge in [0.2, 0.25) is 0 Å². The molecule has 0 saturated carbocycles. The first kappa shape index (κ1) is 16.8. The monoisotopic (exact) mass is 444 g/mol. The molecule has 3 aromatic rings. The summed E-state index contributed by atoms with van der Waals surface area (Å²) in [6.07, 6.45) is 1.75. The zero-order chi connectivity index (χ0) is 16.9. The van der Waals surface area contributed by atoms with Gasteiger partial charge in [0.25, 0.3) is 0 Å². The number of hydrogen-bond donors (Lipinski definition) is 1. The molecule has 0 aliphatic carbocycles. The van der Waals surface area contributed by atoms with Gasteiger partial charge in [-0.05, 0) is 36.8 Å². The van der Waals surface area contributed by atoms with Crippen LogP contribution in [0.2, 0.25) is 0 Å². The maximum atomic E-state index is 4.52. The van der Waals surface area contributed by atoms with Crippen molar-refractivity contribution in [1.82, 2.24) is 9.97 Å². The highest BCUT2D eigenvalue weighted by Crippen LogP contribution is 2.20. The van der Waals surface area contributed by atoms with Crippen LogP contribution in [0, 0.1) is 6.92 Å². The summed E-state index contributed by atoms with van der Waals surface area (Å²) in [7, 11) is 0. The average molecular weight is 446 g/mol.